The number of imidazole rings is 1. The van der Waals surface area contributed by atoms with Crippen molar-refractivity contribution in [3.05, 3.63) is 82.4 Å². The van der Waals surface area contributed by atoms with Gasteiger partial charge in [0.1, 0.15) is 23.8 Å². The SMILES string of the molecule is O=C(O)c1ccc2nc(CC3CC=C(c4nccc(OCc5ccc(Cl)cc5F)n4)CC3)n(CC3CCO3)c2n1. The number of aromatic nitrogens is 5. The Labute approximate surface area is 234 Å². The second-order valence-electron chi connectivity index (χ2n) is 10.1. The van der Waals surface area contributed by atoms with Crippen molar-refractivity contribution in [3.8, 4) is 5.88 Å². The minimum absolute atomic E-state index is 0.00415. The molecule has 1 aliphatic carbocycles. The number of fused-ring (bicyclic) bond motifs is 1. The molecule has 1 N–H and O–H groups in total. The van der Waals surface area contributed by atoms with E-state index in [0.717, 1.165) is 50.1 Å². The van der Waals surface area contributed by atoms with Crippen LogP contribution in [0.1, 0.15) is 53.4 Å². The number of hydrogen-bond acceptors (Lipinski definition) is 7. The molecule has 6 rings (SSSR count). The van der Waals surface area contributed by atoms with Gasteiger partial charge in [-0.25, -0.2) is 24.1 Å². The van der Waals surface area contributed by atoms with Crippen molar-refractivity contribution in [2.75, 3.05) is 6.61 Å². The second kappa shape index (κ2) is 11.3. The van der Waals surface area contributed by atoms with E-state index in [1.165, 1.54) is 12.1 Å². The van der Waals surface area contributed by atoms with Crippen molar-refractivity contribution >= 4 is 34.3 Å². The molecule has 1 aromatic carbocycles. The molecule has 2 unspecified atom stereocenters. The van der Waals surface area contributed by atoms with Crippen molar-refractivity contribution in [2.45, 2.75) is 51.4 Å². The molecule has 0 spiro atoms. The van der Waals surface area contributed by atoms with Gasteiger partial charge in [0.2, 0.25) is 5.88 Å². The largest absolute Gasteiger partial charge is 0.477 e. The summed E-state index contributed by atoms with van der Waals surface area (Å²) in [5, 5.41) is 9.75. The van der Waals surface area contributed by atoms with E-state index in [1.807, 2.05) is 4.57 Å². The van der Waals surface area contributed by atoms with Gasteiger partial charge in [-0.1, -0.05) is 23.7 Å². The molecular formula is C29H27ClFN5O4. The highest BCUT2D eigenvalue weighted by Gasteiger charge is 2.25. The smallest absolute Gasteiger partial charge is 0.354 e. The molecule has 1 aliphatic heterocycles. The normalized spacial score (nSPS) is 18.8. The first kappa shape index (κ1) is 26.3. The summed E-state index contributed by atoms with van der Waals surface area (Å²) in [6, 6.07) is 9.35. The number of hydrogen-bond donors (Lipinski definition) is 1. The van der Waals surface area contributed by atoms with Crippen LogP contribution in [-0.4, -0.2) is 48.3 Å². The monoisotopic (exact) mass is 563 g/mol. The van der Waals surface area contributed by atoms with Crippen LogP contribution in [0.4, 0.5) is 4.39 Å². The highest BCUT2D eigenvalue weighted by Crippen LogP contribution is 2.32. The van der Waals surface area contributed by atoms with E-state index in [0.29, 0.717) is 45.9 Å². The summed E-state index contributed by atoms with van der Waals surface area (Å²) in [4.78, 5) is 29.7. The maximum Gasteiger partial charge on any atom is 0.354 e. The Morgan fingerprint density at radius 1 is 1.18 bits per heavy atom. The number of nitrogens with zero attached hydrogens (tertiary/aromatic N) is 5. The fourth-order valence-corrected chi connectivity index (χ4v) is 5.21. The Hall–Kier alpha value is -3.89. The molecule has 4 heterocycles. The number of ether oxygens (including phenoxy) is 2. The second-order valence-corrected chi connectivity index (χ2v) is 10.5. The molecule has 40 heavy (non-hydrogen) atoms. The van der Waals surface area contributed by atoms with Gasteiger partial charge < -0.3 is 19.1 Å². The Bertz CT molecular complexity index is 1600. The topological polar surface area (TPSA) is 112 Å². The maximum atomic E-state index is 14.1. The van der Waals surface area contributed by atoms with Crippen molar-refractivity contribution in [1.82, 2.24) is 24.5 Å². The van der Waals surface area contributed by atoms with E-state index in [1.54, 1.807) is 30.5 Å². The van der Waals surface area contributed by atoms with E-state index >= 15 is 0 Å². The van der Waals surface area contributed by atoms with Gasteiger partial charge in [0.15, 0.2) is 17.2 Å². The molecule has 11 heteroatoms. The molecule has 0 saturated carbocycles. The zero-order valence-electron chi connectivity index (χ0n) is 21.6. The molecule has 9 nitrogen and oxygen atoms in total. The average molecular weight is 564 g/mol. The van der Waals surface area contributed by atoms with Crippen molar-refractivity contribution in [1.29, 1.82) is 0 Å². The van der Waals surface area contributed by atoms with Gasteiger partial charge in [-0.3, -0.25) is 0 Å². The summed E-state index contributed by atoms with van der Waals surface area (Å²) in [5.41, 5.74) is 2.72. The van der Waals surface area contributed by atoms with Gasteiger partial charge in [-0.05, 0) is 61.4 Å². The highest BCUT2D eigenvalue weighted by atomic mass is 35.5. The van der Waals surface area contributed by atoms with Crippen LogP contribution in [0, 0.1) is 11.7 Å². The number of rotatable bonds is 9. The number of carboxylic acids is 1. The van der Waals surface area contributed by atoms with Crippen LogP contribution in [0.3, 0.4) is 0 Å². The fraction of sp³-hybridized carbons (Fsp3) is 0.345. The number of halogens is 2. The lowest BCUT2D eigenvalue weighted by Gasteiger charge is -2.28. The van der Waals surface area contributed by atoms with Crippen LogP contribution in [-0.2, 0) is 24.3 Å². The molecule has 0 bridgehead atoms. The maximum absolute atomic E-state index is 14.1. The first-order chi connectivity index (χ1) is 19.4. The summed E-state index contributed by atoms with van der Waals surface area (Å²) in [7, 11) is 0. The Balaban J connectivity index is 1.15. The van der Waals surface area contributed by atoms with Crippen molar-refractivity contribution < 1.29 is 23.8 Å². The third kappa shape index (κ3) is 5.68. The minimum atomic E-state index is -1.06. The predicted molar refractivity (Wildman–Crippen MR) is 146 cm³/mol. The van der Waals surface area contributed by atoms with E-state index in [9.17, 15) is 14.3 Å². The van der Waals surface area contributed by atoms with Gasteiger partial charge in [0.05, 0.1) is 12.6 Å². The van der Waals surface area contributed by atoms with Crippen LogP contribution >= 0.6 is 11.6 Å². The van der Waals surface area contributed by atoms with E-state index in [4.69, 9.17) is 26.1 Å². The molecular weight excluding hydrogens is 537 g/mol. The Morgan fingerprint density at radius 3 is 2.77 bits per heavy atom. The standard InChI is InChI=1S/C29H27ClFN5O4/c30-20-6-5-19(22(31)14-20)16-40-26-9-11-32-27(35-26)18-3-1-17(2-4-18)13-25-33-23-7-8-24(29(37)38)34-28(23)36(25)15-21-10-12-39-21/h3,5-9,11,14,17,21H,1-2,4,10,12-13,15-16H2,(H,37,38). The summed E-state index contributed by atoms with van der Waals surface area (Å²) < 4.78 is 27.5. The van der Waals surface area contributed by atoms with Gasteiger partial charge in [0.25, 0.3) is 0 Å². The van der Waals surface area contributed by atoms with Crippen LogP contribution in [0.25, 0.3) is 16.7 Å². The van der Waals surface area contributed by atoms with Gasteiger partial charge in [-0.2, -0.15) is 4.98 Å². The molecule has 206 valence electrons. The van der Waals surface area contributed by atoms with Crippen molar-refractivity contribution in [2.24, 2.45) is 5.92 Å². The number of carboxylic acid groups (broad SMARTS) is 1. The Morgan fingerprint density at radius 2 is 2.05 bits per heavy atom. The average Bonchev–Trinajstić information content (AvgIpc) is 3.26. The lowest BCUT2D eigenvalue weighted by molar-refractivity contribution is -0.0591. The molecule has 0 amide bonds. The highest BCUT2D eigenvalue weighted by molar-refractivity contribution is 6.30. The molecule has 0 radical (unpaired) electrons. The van der Waals surface area contributed by atoms with Gasteiger partial charge in [0, 0.05) is 35.9 Å². The summed E-state index contributed by atoms with van der Waals surface area (Å²) in [6.45, 7) is 1.38. The molecule has 3 aromatic heterocycles. The van der Waals surface area contributed by atoms with E-state index in [2.05, 4.69) is 21.0 Å². The molecule has 4 aromatic rings. The summed E-state index contributed by atoms with van der Waals surface area (Å²) in [5.74, 6) is 0.746. The first-order valence-corrected chi connectivity index (χ1v) is 13.6. The first-order valence-electron chi connectivity index (χ1n) is 13.2. The van der Waals surface area contributed by atoms with Crippen LogP contribution < -0.4 is 4.74 Å². The minimum Gasteiger partial charge on any atom is -0.477 e. The molecule has 1 fully saturated rings. The van der Waals surface area contributed by atoms with Crippen LogP contribution in [0.15, 0.2) is 48.7 Å². The summed E-state index contributed by atoms with van der Waals surface area (Å²) in [6.07, 6.45) is 8.15. The van der Waals surface area contributed by atoms with E-state index < -0.39 is 11.8 Å². The van der Waals surface area contributed by atoms with Crippen molar-refractivity contribution in [3.63, 3.8) is 0 Å². The molecule has 2 atom stereocenters. The van der Waals surface area contributed by atoms with E-state index in [-0.39, 0.29) is 18.4 Å². The number of aromatic carboxylic acids is 1. The molecule has 1 saturated heterocycles. The summed E-state index contributed by atoms with van der Waals surface area (Å²) >= 11 is 5.83. The quantitative estimate of drug-likeness (QED) is 0.284. The number of carbonyl (C=O) groups is 1. The molecule has 2 aliphatic rings. The predicted octanol–water partition coefficient (Wildman–Crippen LogP) is 5.51. The van der Waals surface area contributed by atoms with Gasteiger partial charge in [-0.15, -0.1) is 0 Å². The fourth-order valence-electron chi connectivity index (χ4n) is 5.05. The van der Waals surface area contributed by atoms with Gasteiger partial charge >= 0.3 is 5.97 Å². The zero-order chi connectivity index (χ0) is 27.6. The number of benzene rings is 1. The number of allylic oxidation sites excluding steroid dienone is 2. The lowest BCUT2D eigenvalue weighted by Crippen LogP contribution is -2.32. The lowest BCUT2D eigenvalue weighted by atomic mass is 9.87. The zero-order valence-corrected chi connectivity index (χ0v) is 22.4. The Kier molecular flexibility index (Phi) is 7.44. The van der Waals surface area contributed by atoms with Crippen LogP contribution in [0.5, 0.6) is 5.88 Å². The van der Waals surface area contributed by atoms with Crippen LogP contribution in [0.2, 0.25) is 5.02 Å². The third-order valence-corrected chi connectivity index (χ3v) is 7.60. The third-order valence-electron chi connectivity index (χ3n) is 7.37. The number of pyridine rings is 1.